The molecular formula is C11H17NO. The molecule has 1 saturated carbocycles. The molecule has 0 bridgehead atoms. The Hall–Kier alpha value is -0.840. The molecule has 0 saturated heterocycles. The van der Waals surface area contributed by atoms with E-state index in [9.17, 15) is 4.79 Å². The predicted molar refractivity (Wildman–Crippen MR) is 50.9 cm³/mol. The van der Waals surface area contributed by atoms with Crippen molar-refractivity contribution < 1.29 is 4.79 Å². The number of hydrogen-bond donors (Lipinski definition) is 0. The number of hydrogen-bond acceptors (Lipinski definition) is 2. The van der Waals surface area contributed by atoms with Crippen molar-refractivity contribution in [3.63, 3.8) is 0 Å². The van der Waals surface area contributed by atoms with E-state index >= 15 is 0 Å². The SMILES string of the molecule is CC(C)C(=O)C(C#N)C1CCCC1. The number of nitriles is 1. The first-order chi connectivity index (χ1) is 6.16. The van der Waals surface area contributed by atoms with E-state index in [1.807, 2.05) is 13.8 Å². The highest BCUT2D eigenvalue weighted by molar-refractivity contribution is 5.85. The van der Waals surface area contributed by atoms with Gasteiger partial charge in [0.15, 0.2) is 5.78 Å². The summed E-state index contributed by atoms with van der Waals surface area (Å²) in [4.78, 5) is 11.6. The van der Waals surface area contributed by atoms with Crippen LogP contribution in [-0.2, 0) is 4.79 Å². The summed E-state index contributed by atoms with van der Waals surface area (Å²) < 4.78 is 0. The van der Waals surface area contributed by atoms with Gasteiger partial charge in [0.25, 0.3) is 0 Å². The highest BCUT2D eigenvalue weighted by Crippen LogP contribution is 2.32. The van der Waals surface area contributed by atoms with E-state index in [1.165, 1.54) is 12.8 Å². The Bertz CT molecular complexity index is 221. The van der Waals surface area contributed by atoms with Crippen molar-refractivity contribution in [2.75, 3.05) is 0 Å². The van der Waals surface area contributed by atoms with Gasteiger partial charge >= 0.3 is 0 Å². The second-order valence-corrected chi connectivity index (χ2v) is 4.21. The van der Waals surface area contributed by atoms with Gasteiger partial charge in [-0.25, -0.2) is 0 Å². The van der Waals surface area contributed by atoms with Gasteiger partial charge in [-0.3, -0.25) is 4.79 Å². The van der Waals surface area contributed by atoms with Crippen LogP contribution in [-0.4, -0.2) is 5.78 Å². The quantitative estimate of drug-likeness (QED) is 0.668. The largest absolute Gasteiger partial charge is 0.298 e. The second-order valence-electron chi connectivity index (χ2n) is 4.21. The lowest BCUT2D eigenvalue weighted by Crippen LogP contribution is -2.24. The summed E-state index contributed by atoms with van der Waals surface area (Å²) in [5, 5.41) is 8.93. The number of rotatable bonds is 3. The molecule has 72 valence electrons. The third-order valence-electron chi connectivity index (χ3n) is 2.89. The van der Waals surface area contributed by atoms with Crippen LogP contribution in [0.3, 0.4) is 0 Å². The second kappa shape index (κ2) is 4.41. The Morgan fingerprint density at radius 2 is 1.92 bits per heavy atom. The van der Waals surface area contributed by atoms with E-state index < -0.39 is 0 Å². The van der Waals surface area contributed by atoms with E-state index in [4.69, 9.17) is 5.26 Å². The van der Waals surface area contributed by atoms with Crippen molar-refractivity contribution in [3.05, 3.63) is 0 Å². The molecule has 0 aromatic rings. The van der Waals surface area contributed by atoms with Gasteiger partial charge in [-0.15, -0.1) is 0 Å². The van der Waals surface area contributed by atoms with Crippen LogP contribution in [0, 0.1) is 29.1 Å². The van der Waals surface area contributed by atoms with E-state index in [2.05, 4.69) is 6.07 Å². The number of ketones is 1. The smallest absolute Gasteiger partial charge is 0.152 e. The van der Waals surface area contributed by atoms with Crippen LogP contribution in [0.5, 0.6) is 0 Å². The Morgan fingerprint density at radius 1 is 1.38 bits per heavy atom. The minimum atomic E-state index is -0.331. The highest BCUT2D eigenvalue weighted by Gasteiger charge is 2.31. The van der Waals surface area contributed by atoms with Gasteiger partial charge < -0.3 is 0 Å². The van der Waals surface area contributed by atoms with Crippen LogP contribution < -0.4 is 0 Å². The van der Waals surface area contributed by atoms with Gasteiger partial charge in [-0.05, 0) is 18.8 Å². The Labute approximate surface area is 79.9 Å². The molecule has 2 heteroatoms. The average Bonchev–Trinajstić information content (AvgIpc) is 2.58. The van der Waals surface area contributed by atoms with Crippen molar-refractivity contribution in [3.8, 4) is 6.07 Å². The monoisotopic (exact) mass is 179 g/mol. The molecule has 0 aromatic heterocycles. The van der Waals surface area contributed by atoms with Crippen molar-refractivity contribution in [2.24, 2.45) is 17.8 Å². The third-order valence-corrected chi connectivity index (χ3v) is 2.89. The van der Waals surface area contributed by atoms with Crippen LogP contribution in [0.25, 0.3) is 0 Å². The first kappa shape index (κ1) is 10.2. The van der Waals surface area contributed by atoms with Crippen LogP contribution in [0.15, 0.2) is 0 Å². The average molecular weight is 179 g/mol. The van der Waals surface area contributed by atoms with Crippen molar-refractivity contribution in [1.29, 1.82) is 5.26 Å². The molecule has 1 aliphatic carbocycles. The summed E-state index contributed by atoms with van der Waals surface area (Å²) in [7, 11) is 0. The van der Waals surface area contributed by atoms with E-state index in [0.29, 0.717) is 5.92 Å². The van der Waals surface area contributed by atoms with Crippen LogP contribution in [0.4, 0.5) is 0 Å². The van der Waals surface area contributed by atoms with Gasteiger partial charge in [0.2, 0.25) is 0 Å². The highest BCUT2D eigenvalue weighted by atomic mass is 16.1. The zero-order valence-electron chi connectivity index (χ0n) is 8.42. The molecule has 1 fully saturated rings. The Balaban J connectivity index is 2.62. The molecule has 0 N–H and O–H groups in total. The lowest BCUT2D eigenvalue weighted by Gasteiger charge is -2.16. The molecular weight excluding hydrogens is 162 g/mol. The molecule has 0 radical (unpaired) electrons. The third kappa shape index (κ3) is 2.30. The zero-order chi connectivity index (χ0) is 9.84. The van der Waals surface area contributed by atoms with Gasteiger partial charge in [0.1, 0.15) is 5.92 Å². The Kier molecular flexibility index (Phi) is 3.48. The van der Waals surface area contributed by atoms with Gasteiger partial charge in [-0.1, -0.05) is 26.7 Å². The summed E-state index contributed by atoms with van der Waals surface area (Å²) >= 11 is 0. The van der Waals surface area contributed by atoms with E-state index in [0.717, 1.165) is 12.8 Å². The lowest BCUT2D eigenvalue weighted by atomic mass is 9.84. The normalized spacial score (nSPS) is 20.2. The van der Waals surface area contributed by atoms with Gasteiger partial charge in [-0.2, -0.15) is 5.26 Å². The van der Waals surface area contributed by atoms with Crippen molar-refractivity contribution in [2.45, 2.75) is 39.5 Å². The minimum Gasteiger partial charge on any atom is -0.298 e. The molecule has 0 aromatic carbocycles. The van der Waals surface area contributed by atoms with Crippen molar-refractivity contribution >= 4 is 5.78 Å². The molecule has 1 aliphatic rings. The molecule has 13 heavy (non-hydrogen) atoms. The maximum Gasteiger partial charge on any atom is 0.152 e. The fraction of sp³-hybridized carbons (Fsp3) is 0.818. The lowest BCUT2D eigenvalue weighted by molar-refractivity contribution is -0.125. The van der Waals surface area contributed by atoms with Crippen LogP contribution >= 0.6 is 0 Å². The van der Waals surface area contributed by atoms with E-state index in [1.54, 1.807) is 0 Å². The molecule has 2 nitrogen and oxygen atoms in total. The number of nitrogens with zero attached hydrogens (tertiary/aromatic N) is 1. The fourth-order valence-electron chi connectivity index (χ4n) is 2.05. The topological polar surface area (TPSA) is 40.9 Å². The Morgan fingerprint density at radius 3 is 2.31 bits per heavy atom. The number of carbonyl (C=O) groups is 1. The van der Waals surface area contributed by atoms with Crippen LogP contribution in [0.2, 0.25) is 0 Å². The van der Waals surface area contributed by atoms with Crippen molar-refractivity contribution in [1.82, 2.24) is 0 Å². The summed E-state index contributed by atoms with van der Waals surface area (Å²) in [5.74, 6) is 0.155. The van der Waals surface area contributed by atoms with Gasteiger partial charge in [0.05, 0.1) is 6.07 Å². The molecule has 0 heterocycles. The number of carbonyl (C=O) groups excluding carboxylic acids is 1. The number of Topliss-reactive ketones (excluding diaryl/α,β-unsaturated/α-hetero) is 1. The molecule has 0 spiro atoms. The summed E-state index contributed by atoms with van der Waals surface area (Å²) in [5.41, 5.74) is 0. The van der Waals surface area contributed by atoms with E-state index in [-0.39, 0.29) is 17.6 Å². The predicted octanol–water partition coefficient (Wildman–Crippen LogP) is 2.54. The molecule has 0 amide bonds. The first-order valence-electron chi connectivity index (χ1n) is 5.10. The molecule has 1 rings (SSSR count). The molecule has 0 aliphatic heterocycles. The van der Waals surface area contributed by atoms with Crippen LogP contribution in [0.1, 0.15) is 39.5 Å². The first-order valence-corrected chi connectivity index (χ1v) is 5.10. The molecule has 1 atom stereocenters. The standard InChI is InChI=1S/C11H17NO/c1-8(2)11(13)10(7-12)9-5-3-4-6-9/h8-10H,3-6H2,1-2H3. The zero-order valence-corrected chi connectivity index (χ0v) is 8.42. The minimum absolute atomic E-state index is 0.00486. The summed E-state index contributed by atoms with van der Waals surface area (Å²) in [6, 6.07) is 2.18. The maximum atomic E-state index is 11.6. The molecule has 1 unspecified atom stereocenters. The summed E-state index contributed by atoms with van der Waals surface area (Å²) in [6.07, 6.45) is 4.51. The summed E-state index contributed by atoms with van der Waals surface area (Å²) in [6.45, 7) is 3.75. The maximum absolute atomic E-state index is 11.6. The fourth-order valence-corrected chi connectivity index (χ4v) is 2.05. The van der Waals surface area contributed by atoms with Gasteiger partial charge in [0, 0.05) is 5.92 Å².